The predicted octanol–water partition coefficient (Wildman–Crippen LogP) is 3.79. The van der Waals surface area contributed by atoms with Gasteiger partial charge in [0.15, 0.2) is 0 Å². The number of rotatable bonds is 0. The normalized spacial score (nSPS) is 29.3. The molecule has 0 saturated carbocycles. The van der Waals surface area contributed by atoms with Gasteiger partial charge >= 0.3 is 0 Å². The lowest BCUT2D eigenvalue weighted by molar-refractivity contribution is -0.0897. The molecule has 1 heteroatoms. The largest absolute Gasteiger partial charge is 0.370 e. The molecule has 0 N–H and O–H groups in total. The first-order chi connectivity index (χ1) is 6.21. The van der Waals surface area contributed by atoms with E-state index in [1.165, 1.54) is 0 Å². The highest BCUT2D eigenvalue weighted by atomic mass is 16.5. The first-order valence-corrected chi connectivity index (χ1v) is 5.53. The van der Waals surface area contributed by atoms with Crippen LogP contribution in [0.15, 0.2) is 12.2 Å². The van der Waals surface area contributed by atoms with Crippen LogP contribution in [0.25, 0.3) is 0 Å². The lowest BCUT2D eigenvalue weighted by Crippen LogP contribution is -2.39. The van der Waals surface area contributed by atoms with Crippen LogP contribution in [-0.4, -0.2) is 12.2 Å². The van der Waals surface area contributed by atoms with Gasteiger partial charge in [-0.15, -0.1) is 0 Å². The zero-order chi connectivity index (χ0) is 11.0. The van der Waals surface area contributed by atoms with Crippen LogP contribution in [0.4, 0.5) is 0 Å². The molecule has 1 aliphatic heterocycles. The zero-order valence-electron chi connectivity index (χ0n) is 10.4. The Morgan fingerprint density at radius 2 is 1.57 bits per heavy atom. The number of hydrogen-bond donors (Lipinski definition) is 0. The maximum Gasteiger partial charge on any atom is 0.0808 e. The molecule has 2 unspecified atom stereocenters. The summed E-state index contributed by atoms with van der Waals surface area (Å²) in [6.45, 7) is 13.4. The molecule has 82 valence electrons. The third-order valence-corrected chi connectivity index (χ3v) is 2.79. The van der Waals surface area contributed by atoms with Crippen molar-refractivity contribution in [1.82, 2.24) is 0 Å². The molecule has 0 aromatic heterocycles. The smallest absolute Gasteiger partial charge is 0.0808 e. The summed E-state index contributed by atoms with van der Waals surface area (Å²) in [4.78, 5) is 0. The Kier molecular flexibility index (Phi) is 3.10. The van der Waals surface area contributed by atoms with Gasteiger partial charge in [-0.25, -0.2) is 0 Å². The van der Waals surface area contributed by atoms with Gasteiger partial charge in [-0.2, -0.15) is 0 Å². The van der Waals surface area contributed by atoms with Gasteiger partial charge < -0.3 is 4.74 Å². The van der Waals surface area contributed by atoms with Gasteiger partial charge in [0.05, 0.1) is 12.2 Å². The minimum atomic E-state index is 0.209. The number of ether oxygens (including phenoxy) is 1. The van der Waals surface area contributed by atoms with E-state index >= 15 is 0 Å². The molecule has 0 saturated heterocycles. The SMILES string of the molecule is CC(C)(C)C1C=CCC(C(C)(C)C)O1. The molecular formula is C13H24O. The summed E-state index contributed by atoms with van der Waals surface area (Å²) in [6.07, 6.45) is 6.16. The molecule has 1 rings (SSSR count). The monoisotopic (exact) mass is 196 g/mol. The van der Waals surface area contributed by atoms with Crippen LogP contribution in [0.1, 0.15) is 48.0 Å². The van der Waals surface area contributed by atoms with E-state index in [0.29, 0.717) is 6.10 Å². The van der Waals surface area contributed by atoms with Gasteiger partial charge in [0.2, 0.25) is 0 Å². The van der Waals surface area contributed by atoms with E-state index in [0.717, 1.165) is 6.42 Å². The predicted molar refractivity (Wildman–Crippen MR) is 61.3 cm³/mol. The van der Waals surface area contributed by atoms with Crippen LogP contribution < -0.4 is 0 Å². The van der Waals surface area contributed by atoms with Crippen LogP contribution in [0.3, 0.4) is 0 Å². The minimum Gasteiger partial charge on any atom is -0.370 e. The first kappa shape index (κ1) is 11.8. The van der Waals surface area contributed by atoms with Crippen molar-refractivity contribution in [1.29, 1.82) is 0 Å². The van der Waals surface area contributed by atoms with Crippen molar-refractivity contribution in [2.75, 3.05) is 0 Å². The molecule has 0 radical (unpaired) electrons. The molecule has 0 aromatic carbocycles. The van der Waals surface area contributed by atoms with E-state index in [1.807, 2.05) is 0 Å². The van der Waals surface area contributed by atoms with Crippen molar-refractivity contribution < 1.29 is 4.74 Å². The van der Waals surface area contributed by atoms with E-state index in [9.17, 15) is 0 Å². The average Bonchev–Trinajstić information content (AvgIpc) is 2.01. The summed E-state index contributed by atoms with van der Waals surface area (Å²) in [7, 11) is 0. The fourth-order valence-electron chi connectivity index (χ4n) is 1.65. The van der Waals surface area contributed by atoms with Gasteiger partial charge in [-0.05, 0) is 17.3 Å². The average molecular weight is 196 g/mol. The van der Waals surface area contributed by atoms with Crippen molar-refractivity contribution >= 4 is 0 Å². The first-order valence-electron chi connectivity index (χ1n) is 5.53. The van der Waals surface area contributed by atoms with Gasteiger partial charge in [-0.3, -0.25) is 0 Å². The molecule has 1 heterocycles. The zero-order valence-corrected chi connectivity index (χ0v) is 10.4. The van der Waals surface area contributed by atoms with Crippen molar-refractivity contribution in [3.8, 4) is 0 Å². The van der Waals surface area contributed by atoms with Gasteiger partial charge in [-0.1, -0.05) is 53.7 Å². The molecule has 0 bridgehead atoms. The maximum atomic E-state index is 6.13. The highest BCUT2D eigenvalue weighted by Gasteiger charge is 2.33. The highest BCUT2D eigenvalue weighted by Crippen LogP contribution is 2.34. The van der Waals surface area contributed by atoms with Crippen LogP contribution in [0, 0.1) is 10.8 Å². The Morgan fingerprint density at radius 1 is 1.00 bits per heavy atom. The van der Waals surface area contributed by atoms with Crippen molar-refractivity contribution in [3.63, 3.8) is 0 Å². The number of hydrogen-bond acceptors (Lipinski definition) is 1. The lowest BCUT2D eigenvalue weighted by Gasteiger charge is -2.40. The van der Waals surface area contributed by atoms with Gasteiger partial charge in [0.1, 0.15) is 0 Å². The topological polar surface area (TPSA) is 9.23 Å². The van der Waals surface area contributed by atoms with E-state index in [1.54, 1.807) is 0 Å². The molecule has 14 heavy (non-hydrogen) atoms. The van der Waals surface area contributed by atoms with Crippen molar-refractivity contribution in [2.45, 2.75) is 60.2 Å². The van der Waals surface area contributed by atoms with E-state index in [-0.39, 0.29) is 16.9 Å². The summed E-state index contributed by atoms with van der Waals surface area (Å²) in [5.41, 5.74) is 0.453. The summed E-state index contributed by atoms with van der Waals surface area (Å²) in [6, 6.07) is 0. The third kappa shape index (κ3) is 2.84. The second kappa shape index (κ2) is 3.69. The highest BCUT2D eigenvalue weighted by molar-refractivity contribution is 5.02. The van der Waals surface area contributed by atoms with E-state index in [2.05, 4.69) is 53.7 Å². The molecule has 0 aliphatic carbocycles. The lowest BCUT2D eigenvalue weighted by atomic mass is 9.82. The molecule has 0 amide bonds. The third-order valence-electron chi connectivity index (χ3n) is 2.79. The van der Waals surface area contributed by atoms with E-state index in [4.69, 9.17) is 4.74 Å². The molecule has 2 atom stereocenters. The summed E-state index contributed by atoms with van der Waals surface area (Å²) < 4.78 is 6.13. The van der Waals surface area contributed by atoms with Crippen molar-refractivity contribution in [2.24, 2.45) is 10.8 Å². The van der Waals surface area contributed by atoms with Crippen LogP contribution in [-0.2, 0) is 4.74 Å². The van der Waals surface area contributed by atoms with Gasteiger partial charge in [0, 0.05) is 0 Å². The van der Waals surface area contributed by atoms with Crippen LogP contribution >= 0.6 is 0 Å². The standard InChI is InChI=1S/C13H24O/c1-12(2,3)10-8-7-9-11(14-10)13(4,5)6/h7-8,10-11H,9H2,1-6H3. The molecule has 0 spiro atoms. The second-order valence-corrected chi connectivity index (χ2v) is 6.44. The summed E-state index contributed by atoms with van der Waals surface area (Å²) >= 11 is 0. The molecule has 0 fully saturated rings. The van der Waals surface area contributed by atoms with Crippen LogP contribution in [0.2, 0.25) is 0 Å². The maximum absolute atomic E-state index is 6.13. The fourth-order valence-corrected chi connectivity index (χ4v) is 1.65. The quantitative estimate of drug-likeness (QED) is 0.536. The Morgan fingerprint density at radius 3 is 2.00 bits per heavy atom. The molecular weight excluding hydrogens is 172 g/mol. The fraction of sp³-hybridized carbons (Fsp3) is 0.846. The Labute approximate surface area is 88.5 Å². The van der Waals surface area contributed by atoms with Crippen molar-refractivity contribution in [3.05, 3.63) is 12.2 Å². The minimum absolute atomic E-state index is 0.209. The Bertz CT molecular complexity index is 214. The van der Waals surface area contributed by atoms with E-state index < -0.39 is 0 Å². The van der Waals surface area contributed by atoms with Crippen LogP contribution in [0.5, 0.6) is 0 Å². The second-order valence-electron chi connectivity index (χ2n) is 6.44. The molecule has 0 aromatic rings. The molecule has 1 nitrogen and oxygen atoms in total. The summed E-state index contributed by atoms with van der Waals surface area (Å²) in [5, 5.41) is 0. The molecule has 1 aliphatic rings. The Balaban J connectivity index is 2.71. The summed E-state index contributed by atoms with van der Waals surface area (Å²) in [5.74, 6) is 0. The van der Waals surface area contributed by atoms with Gasteiger partial charge in [0.25, 0.3) is 0 Å². The Hall–Kier alpha value is -0.300.